The predicted molar refractivity (Wildman–Crippen MR) is 159 cm³/mol. The molecule has 3 aromatic heterocycles. The Balaban J connectivity index is 1.27. The van der Waals surface area contributed by atoms with Crippen LogP contribution in [0, 0.1) is 19.8 Å². The average molecular weight is 572 g/mol. The lowest BCUT2D eigenvalue weighted by atomic mass is 10.0. The predicted octanol–water partition coefficient (Wildman–Crippen LogP) is 5.89. The van der Waals surface area contributed by atoms with Gasteiger partial charge >= 0.3 is 0 Å². The molecule has 0 N–H and O–H groups in total. The van der Waals surface area contributed by atoms with Crippen LogP contribution in [0.15, 0.2) is 48.7 Å². The summed E-state index contributed by atoms with van der Waals surface area (Å²) in [6, 6.07) is 13.5. The van der Waals surface area contributed by atoms with Gasteiger partial charge in [0.15, 0.2) is 0 Å². The van der Waals surface area contributed by atoms with Crippen LogP contribution in [0.1, 0.15) is 51.3 Å². The van der Waals surface area contributed by atoms with Gasteiger partial charge in [0.25, 0.3) is 5.91 Å². The number of aromatic nitrogens is 3. The van der Waals surface area contributed by atoms with Crippen molar-refractivity contribution in [3.05, 3.63) is 87.5 Å². The molecule has 1 atom stereocenters. The van der Waals surface area contributed by atoms with Gasteiger partial charge in [-0.15, -0.1) is 0 Å². The van der Waals surface area contributed by atoms with E-state index in [0.29, 0.717) is 60.3 Å². The molecule has 2 aliphatic heterocycles. The van der Waals surface area contributed by atoms with Crippen LogP contribution in [-0.4, -0.2) is 52.5 Å². The van der Waals surface area contributed by atoms with Gasteiger partial charge in [0.2, 0.25) is 5.88 Å². The van der Waals surface area contributed by atoms with E-state index in [9.17, 15) is 4.79 Å². The second kappa shape index (κ2) is 11.7. The summed E-state index contributed by atoms with van der Waals surface area (Å²) in [5.74, 6) is 1.08. The van der Waals surface area contributed by atoms with Gasteiger partial charge in [-0.3, -0.25) is 9.78 Å². The van der Waals surface area contributed by atoms with Crippen LogP contribution in [0.3, 0.4) is 0 Å². The van der Waals surface area contributed by atoms with Crippen LogP contribution in [-0.2, 0) is 24.5 Å². The molecule has 0 aliphatic carbocycles. The lowest BCUT2D eigenvalue weighted by Gasteiger charge is -2.25. The van der Waals surface area contributed by atoms with Crippen molar-refractivity contribution in [1.29, 1.82) is 0 Å². The van der Waals surface area contributed by atoms with Gasteiger partial charge in [-0.05, 0) is 81.6 Å². The minimum absolute atomic E-state index is 0.158. The van der Waals surface area contributed by atoms with Gasteiger partial charge in [-0.25, -0.2) is 9.97 Å². The summed E-state index contributed by atoms with van der Waals surface area (Å²) < 4.78 is 11.6. The second-order valence-electron chi connectivity index (χ2n) is 11.1. The zero-order chi connectivity index (χ0) is 28.5. The Morgan fingerprint density at radius 3 is 2.73 bits per heavy atom. The van der Waals surface area contributed by atoms with E-state index < -0.39 is 0 Å². The molecule has 9 heteroatoms. The van der Waals surface area contributed by atoms with Crippen LogP contribution in [0.2, 0.25) is 5.15 Å². The third kappa shape index (κ3) is 5.91. The fourth-order valence-electron chi connectivity index (χ4n) is 5.74. The Bertz CT molecular complexity index is 1590. The molecule has 0 bridgehead atoms. The van der Waals surface area contributed by atoms with Crippen molar-refractivity contribution in [2.24, 2.45) is 5.92 Å². The number of fused-ring (bicyclic) bond motifs is 3. The first-order valence-electron chi connectivity index (χ1n) is 14.1. The van der Waals surface area contributed by atoms with Gasteiger partial charge in [0.05, 0.1) is 48.8 Å². The minimum atomic E-state index is -0.158. The molecule has 2 aliphatic rings. The molecule has 0 saturated carbocycles. The Labute approximate surface area is 245 Å². The van der Waals surface area contributed by atoms with E-state index in [2.05, 4.69) is 21.9 Å². The minimum Gasteiger partial charge on any atom is -0.478 e. The number of hydrogen-bond donors (Lipinski definition) is 0. The van der Waals surface area contributed by atoms with Crippen molar-refractivity contribution in [2.45, 2.75) is 46.4 Å². The van der Waals surface area contributed by atoms with Crippen molar-refractivity contribution in [1.82, 2.24) is 19.9 Å². The molecule has 8 nitrogen and oxygen atoms in total. The van der Waals surface area contributed by atoms with E-state index in [1.54, 1.807) is 11.1 Å². The number of likely N-dealkylation sites (tertiary alicyclic amines) is 1. The maximum atomic E-state index is 13.9. The molecule has 0 radical (unpaired) electrons. The zero-order valence-electron chi connectivity index (χ0n) is 23.7. The van der Waals surface area contributed by atoms with E-state index >= 15 is 0 Å². The van der Waals surface area contributed by atoms with E-state index in [-0.39, 0.29) is 5.91 Å². The lowest BCUT2D eigenvalue weighted by molar-refractivity contribution is 0.0984. The van der Waals surface area contributed by atoms with Gasteiger partial charge in [-0.2, -0.15) is 0 Å². The summed E-state index contributed by atoms with van der Waals surface area (Å²) in [4.78, 5) is 31.7. The Hall–Kier alpha value is -3.59. The highest BCUT2D eigenvalue weighted by Crippen LogP contribution is 2.33. The molecule has 4 aromatic rings. The van der Waals surface area contributed by atoms with E-state index in [4.69, 9.17) is 26.1 Å². The maximum absolute atomic E-state index is 13.9. The number of amides is 1. The highest BCUT2D eigenvalue weighted by Gasteiger charge is 2.24. The quantitative estimate of drug-likeness (QED) is 0.244. The maximum Gasteiger partial charge on any atom is 0.260 e. The smallest absolute Gasteiger partial charge is 0.260 e. The number of nitrogens with zero attached hydrogens (tertiary/aromatic N) is 5. The molecule has 1 saturated heterocycles. The molecule has 1 fully saturated rings. The molecule has 1 unspecified atom stereocenters. The number of carbonyl (C=O) groups is 1. The molecule has 1 amide bonds. The van der Waals surface area contributed by atoms with E-state index in [0.717, 1.165) is 52.8 Å². The van der Waals surface area contributed by atoms with Crippen LogP contribution >= 0.6 is 11.6 Å². The molecule has 1 aromatic carbocycles. The third-order valence-electron chi connectivity index (χ3n) is 8.04. The largest absolute Gasteiger partial charge is 0.478 e. The van der Waals surface area contributed by atoms with Crippen molar-refractivity contribution >= 4 is 34.1 Å². The first kappa shape index (κ1) is 27.6. The van der Waals surface area contributed by atoms with Gasteiger partial charge in [0.1, 0.15) is 5.15 Å². The Morgan fingerprint density at radius 2 is 1.98 bits per heavy atom. The molecule has 0 spiro atoms. The monoisotopic (exact) mass is 571 g/mol. The number of pyridine rings is 3. The SMILES string of the molecule is Cc1ccc(C(=O)N(Cc2ccc3c4c(c(Cl)nc3c2)COC4)c2ccc(OCCC3CCN(C)C3)nc2C)cn1. The molecule has 5 heterocycles. The number of ether oxygens (including phenoxy) is 2. The number of carbonyl (C=O) groups excluding carboxylic acids is 1. The van der Waals surface area contributed by atoms with Crippen LogP contribution in [0.4, 0.5) is 5.69 Å². The first-order chi connectivity index (χ1) is 19.9. The van der Waals surface area contributed by atoms with Crippen LogP contribution < -0.4 is 9.64 Å². The summed E-state index contributed by atoms with van der Waals surface area (Å²) in [5, 5.41) is 1.49. The van der Waals surface area contributed by atoms with Crippen molar-refractivity contribution in [3.8, 4) is 5.88 Å². The van der Waals surface area contributed by atoms with Crippen LogP contribution in [0.5, 0.6) is 5.88 Å². The number of benzene rings is 1. The van der Waals surface area contributed by atoms with Crippen molar-refractivity contribution in [2.75, 3.05) is 31.6 Å². The van der Waals surface area contributed by atoms with Crippen molar-refractivity contribution < 1.29 is 14.3 Å². The highest BCUT2D eigenvalue weighted by molar-refractivity contribution is 6.30. The second-order valence-corrected chi connectivity index (χ2v) is 11.4. The van der Waals surface area contributed by atoms with E-state index in [1.165, 1.54) is 6.42 Å². The number of rotatable bonds is 8. The fourth-order valence-corrected chi connectivity index (χ4v) is 6.00. The summed E-state index contributed by atoms with van der Waals surface area (Å²) in [5.41, 5.74) is 6.54. The van der Waals surface area contributed by atoms with Crippen LogP contribution in [0.25, 0.3) is 10.9 Å². The highest BCUT2D eigenvalue weighted by atomic mass is 35.5. The number of hydrogen-bond acceptors (Lipinski definition) is 7. The Morgan fingerprint density at radius 1 is 1.12 bits per heavy atom. The standard InChI is InChI=1S/C32H34ClN5O3/c1-20-4-6-24(15-34-20)32(39)38(17-23-5-7-25-26-18-40-19-27(26)31(33)36-28(25)14-23)29-8-9-30(35-21(29)2)41-13-11-22-10-12-37(3)16-22/h4-9,14-15,22H,10-13,16-19H2,1-3H3. The summed E-state index contributed by atoms with van der Waals surface area (Å²) >= 11 is 6.48. The summed E-state index contributed by atoms with van der Waals surface area (Å²) in [6.45, 7) is 8.04. The molecular weight excluding hydrogens is 538 g/mol. The molecule has 41 heavy (non-hydrogen) atoms. The van der Waals surface area contributed by atoms with Crippen molar-refractivity contribution in [3.63, 3.8) is 0 Å². The normalized spacial score (nSPS) is 16.7. The summed E-state index contributed by atoms with van der Waals surface area (Å²) in [7, 11) is 2.16. The number of aryl methyl sites for hydroxylation is 2. The average Bonchev–Trinajstić information content (AvgIpc) is 3.62. The number of halogens is 1. The van der Waals surface area contributed by atoms with Gasteiger partial charge in [-0.1, -0.05) is 23.7 Å². The molecular formula is C32H34ClN5O3. The van der Waals surface area contributed by atoms with Gasteiger partial charge < -0.3 is 19.3 Å². The lowest BCUT2D eigenvalue weighted by Crippen LogP contribution is -2.31. The van der Waals surface area contributed by atoms with E-state index in [1.807, 2.05) is 56.3 Å². The first-order valence-corrected chi connectivity index (χ1v) is 14.4. The third-order valence-corrected chi connectivity index (χ3v) is 8.36. The molecule has 212 valence electrons. The van der Waals surface area contributed by atoms with Gasteiger partial charge in [0, 0.05) is 35.5 Å². The fraction of sp³-hybridized carbons (Fsp3) is 0.375. The number of anilines is 1. The zero-order valence-corrected chi connectivity index (χ0v) is 24.4. The molecule has 6 rings (SSSR count). The summed E-state index contributed by atoms with van der Waals surface area (Å²) in [6.07, 6.45) is 3.84. The topological polar surface area (TPSA) is 80.7 Å². The Kier molecular flexibility index (Phi) is 7.88.